The molecule has 1 aliphatic heterocycles. The van der Waals surface area contributed by atoms with Gasteiger partial charge in [-0.15, -0.1) is 0 Å². The Morgan fingerprint density at radius 3 is 2.14 bits per heavy atom. The standard InChI is InChI=1S/C20H19Cl2N3O5S.C7H8O3S/c1-14-2-5-17(6-3-14)31(26,27)29-10-16-9-28-20(30-16,11-25-13-23-12-24-25)18-7-4-15(21)8-19(18)22;1-6-2-4-7(5-3-6)11(8,9)10/h2-8,12-13,16H,9-11H2,1H3;2-5H,1H3,(H,8,9,10)/t16-,20+;/m0./s1. The molecular weight excluding hydrogens is 629 g/mol. The second kappa shape index (κ2) is 13.2. The first-order valence-corrected chi connectivity index (χ1v) is 16.0. The quantitative estimate of drug-likeness (QED) is 0.207. The highest BCUT2D eigenvalue weighted by atomic mass is 35.5. The maximum absolute atomic E-state index is 12.5. The van der Waals surface area contributed by atoms with E-state index in [4.69, 9.17) is 41.4 Å². The van der Waals surface area contributed by atoms with E-state index >= 15 is 0 Å². The van der Waals surface area contributed by atoms with Crippen molar-refractivity contribution in [3.05, 3.63) is 106 Å². The molecule has 0 aliphatic carbocycles. The summed E-state index contributed by atoms with van der Waals surface area (Å²) in [6, 6.07) is 17.4. The molecule has 0 amide bonds. The first kappa shape index (κ1) is 32.0. The fourth-order valence-electron chi connectivity index (χ4n) is 3.93. The van der Waals surface area contributed by atoms with Crippen molar-refractivity contribution in [3.8, 4) is 0 Å². The molecule has 42 heavy (non-hydrogen) atoms. The van der Waals surface area contributed by atoms with Gasteiger partial charge in [0.25, 0.3) is 20.2 Å². The van der Waals surface area contributed by atoms with Crippen LogP contribution in [0, 0.1) is 13.8 Å². The zero-order valence-electron chi connectivity index (χ0n) is 22.4. The minimum atomic E-state index is -4.02. The lowest BCUT2D eigenvalue weighted by Crippen LogP contribution is -2.35. The molecule has 0 bridgehead atoms. The van der Waals surface area contributed by atoms with E-state index in [1.54, 1.807) is 42.5 Å². The zero-order valence-corrected chi connectivity index (χ0v) is 25.6. The summed E-state index contributed by atoms with van der Waals surface area (Å²) in [6.07, 6.45) is 2.25. The number of aromatic nitrogens is 3. The van der Waals surface area contributed by atoms with Gasteiger partial charge in [-0.1, -0.05) is 64.7 Å². The van der Waals surface area contributed by atoms with Crippen molar-refractivity contribution in [3.63, 3.8) is 0 Å². The van der Waals surface area contributed by atoms with Crippen molar-refractivity contribution in [2.24, 2.45) is 0 Å². The molecule has 2 heterocycles. The minimum absolute atomic E-state index is 0.0666. The maximum Gasteiger partial charge on any atom is 0.297 e. The van der Waals surface area contributed by atoms with Gasteiger partial charge in [-0.2, -0.15) is 21.9 Å². The van der Waals surface area contributed by atoms with Crippen molar-refractivity contribution < 1.29 is 35.0 Å². The van der Waals surface area contributed by atoms with Crippen LogP contribution in [-0.4, -0.2) is 55.5 Å². The number of halogens is 2. The Morgan fingerprint density at radius 2 is 1.60 bits per heavy atom. The summed E-state index contributed by atoms with van der Waals surface area (Å²) in [7, 11) is -7.96. The topological polar surface area (TPSA) is 147 Å². The number of aryl methyl sites for hydroxylation is 2. The fraction of sp³-hybridized carbons (Fsp3) is 0.259. The van der Waals surface area contributed by atoms with Gasteiger partial charge < -0.3 is 9.47 Å². The SMILES string of the molecule is Cc1ccc(S(=O)(=O)O)cc1.Cc1ccc(S(=O)(=O)OC[C@@H]2CO[C@@](Cn3cncn3)(c3ccc(Cl)cc3Cl)O2)cc1. The molecule has 11 nitrogen and oxygen atoms in total. The second-order valence-corrected chi connectivity index (χ2v) is 13.2. The Bertz CT molecular complexity index is 1720. The van der Waals surface area contributed by atoms with Crippen LogP contribution in [0.1, 0.15) is 16.7 Å². The summed E-state index contributed by atoms with van der Waals surface area (Å²) in [4.78, 5) is 3.94. The monoisotopic (exact) mass is 655 g/mol. The van der Waals surface area contributed by atoms with Crippen molar-refractivity contribution in [2.45, 2.75) is 42.1 Å². The highest BCUT2D eigenvalue weighted by Crippen LogP contribution is 2.40. The molecule has 2 atom stereocenters. The van der Waals surface area contributed by atoms with Crippen LogP contribution in [-0.2, 0) is 46.2 Å². The predicted molar refractivity (Wildman–Crippen MR) is 154 cm³/mol. The normalized spacial score (nSPS) is 18.8. The van der Waals surface area contributed by atoms with E-state index in [1.165, 1.54) is 41.6 Å². The number of rotatable bonds is 8. The lowest BCUT2D eigenvalue weighted by atomic mass is 10.1. The summed E-state index contributed by atoms with van der Waals surface area (Å²) < 4.78 is 73.5. The Labute approximate surface area is 253 Å². The first-order chi connectivity index (χ1) is 19.8. The Kier molecular flexibility index (Phi) is 10.1. The van der Waals surface area contributed by atoms with Crippen LogP contribution in [0.15, 0.2) is 89.2 Å². The van der Waals surface area contributed by atoms with Crippen molar-refractivity contribution in [2.75, 3.05) is 13.2 Å². The molecule has 5 rings (SSSR count). The molecule has 1 N–H and O–H groups in total. The lowest BCUT2D eigenvalue weighted by Gasteiger charge is -2.29. The number of ether oxygens (including phenoxy) is 2. The van der Waals surface area contributed by atoms with E-state index in [-0.39, 0.29) is 29.5 Å². The number of hydrogen-bond acceptors (Lipinski definition) is 9. The van der Waals surface area contributed by atoms with Crippen molar-refractivity contribution >= 4 is 43.4 Å². The van der Waals surface area contributed by atoms with Crippen LogP contribution in [0.4, 0.5) is 0 Å². The lowest BCUT2D eigenvalue weighted by molar-refractivity contribution is -0.190. The molecule has 224 valence electrons. The predicted octanol–water partition coefficient (Wildman–Crippen LogP) is 4.81. The van der Waals surface area contributed by atoms with E-state index in [0.29, 0.717) is 15.6 Å². The third-order valence-corrected chi connectivity index (χ3v) is 8.79. The van der Waals surface area contributed by atoms with Crippen LogP contribution in [0.3, 0.4) is 0 Å². The molecule has 0 saturated carbocycles. The van der Waals surface area contributed by atoms with Gasteiger partial charge in [-0.25, -0.2) is 9.67 Å². The van der Waals surface area contributed by atoms with Gasteiger partial charge in [0.1, 0.15) is 25.3 Å². The highest BCUT2D eigenvalue weighted by molar-refractivity contribution is 7.86. The molecule has 0 unspecified atom stereocenters. The second-order valence-electron chi connectivity index (χ2n) is 9.36. The summed E-state index contributed by atoms with van der Waals surface area (Å²) in [5.74, 6) is -1.31. The molecule has 0 radical (unpaired) electrons. The number of hydrogen-bond donors (Lipinski definition) is 1. The summed E-state index contributed by atoms with van der Waals surface area (Å²) in [5.41, 5.74) is 2.44. The molecule has 1 aliphatic rings. The van der Waals surface area contributed by atoms with Gasteiger partial charge in [0.2, 0.25) is 5.79 Å². The Morgan fingerprint density at radius 1 is 0.976 bits per heavy atom. The average Bonchev–Trinajstić information content (AvgIpc) is 3.59. The van der Waals surface area contributed by atoms with Gasteiger partial charge in [0.15, 0.2) is 0 Å². The molecule has 15 heteroatoms. The molecule has 1 fully saturated rings. The highest BCUT2D eigenvalue weighted by Gasteiger charge is 2.46. The van der Waals surface area contributed by atoms with Gasteiger partial charge in [0, 0.05) is 10.6 Å². The van der Waals surface area contributed by atoms with Crippen LogP contribution in [0.25, 0.3) is 0 Å². The molecule has 0 spiro atoms. The largest absolute Gasteiger partial charge is 0.342 e. The Balaban J connectivity index is 0.000000310. The van der Waals surface area contributed by atoms with Crippen LogP contribution in [0.5, 0.6) is 0 Å². The third-order valence-electron chi connectivity index (χ3n) is 6.08. The number of benzene rings is 3. The summed E-state index contributed by atoms with van der Waals surface area (Å²) in [6.45, 7) is 3.73. The van der Waals surface area contributed by atoms with E-state index in [2.05, 4.69) is 10.1 Å². The van der Waals surface area contributed by atoms with E-state index < -0.39 is 32.1 Å². The van der Waals surface area contributed by atoms with Crippen LogP contribution < -0.4 is 0 Å². The number of nitrogens with zero attached hydrogens (tertiary/aromatic N) is 3. The fourth-order valence-corrected chi connectivity index (χ4v) is 5.90. The molecule has 1 saturated heterocycles. The van der Waals surface area contributed by atoms with Gasteiger partial charge in [-0.05, 0) is 50.2 Å². The van der Waals surface area contributed by atoms with Gasteiger partial charge >= 0.3 is 0 Å². The molecule has 4 aromatic rings. The minimum Gasteiger partial charge on any atom is -0.342 e. The van der Waals surface area contributed by atoms with Crippen molar-refractivity contribution in [1.82, 2.24) is 14.8 Å². The van der Waals surface area contributed by atoms with Gasteiger partial charge in [-0.3, -0.25) is 8.74 Å². The Hall–Kier alpha value is -2.88. The summed E-state index contributed by atoms with van der Waals surface area (Å²) in [5, 5.41) is 4.92. The first-order valence-electron chi connectivity index (χ1n) is 12.4. The molecule has 1 aromatic heterocycles. The van der Waals surface area contributed by atoms with Crippen LogP contribution >= 0.6 is 23.2 Å². The zero-order chi connectivity index (χ0) is 30.5. The summed E-state index contributed by atoms with van der Waals surface area (Å²) >= 11 is 12.4. The smallest absolute Gasteiger partial charge is 0.297 e. The van der Waals surface area contributed by atoms with E-state index in [9.17, 15) is 16.8 Å². The van der Waals surface area contributed by atoms with Crippen LogP contribution in [0.2, 0.25) is 10.0 Å². The molecular formula is C27H27Cl2N3O8S2. The average molecular weight is 657 g/mol. The van der Waals surface area contributed by atoms with E-state index in [1.807, 2.05) is 13.8 Å². The van der Waals surface area contributed by atoms with E-state index in [0.717, 1.165) is 11.1 Å². The van der Waals surface area contributed by atoms with Gasteiger partial charge in [0.05, 0.1) is 28.0 Å². The molecule has 3 aromatic carbocycles. The third kappa shape index (κ3) is 8.14. The van der Waals surface area contributed by atoms with Crippen molar-refractivity contribution in [1.29, 1.82) is 0 Å². The maximum atomic E-state index is 12.5.